The molecule has 0 aromatic heterocycles. The molecule has 30 heavy (non-hydrogen) atoms. The fourth-order valence-electron chi connectivity index (χ4n) is 2.83. The Kier molecular flexibility index (Phi) is 7.55. The van der Waals surface area contributed by atoms with E-state index >= 15 is 0 Å². The van der Waals surface area contributed by atoms with E-state index in [1.54, 1.807) is 73.8 Å². The summed E-state index contributed by atoms with van der Waals surface area (Å²) in [5.41, 5.74) is 8.42. The zero-order valence-electron chi connectivity index (χ0n) is 16.2. The van der Waals surface area contributed by atoms with Crippen molar-refractivity contribution < 1.29 is 14.3 Å². The molecule has 0 fully saturated rings. The summed E-state index contributed by atoms with van der Waals surface area (Å²) in [6.07, 6.45) is 1.45. The molecule has 0 aliphatic rings. The maximum atomic E-state index is 13.1. The van der Waals surface area contributed by atoms with Crippen LogP contribution in [0, 0.1) is 0 Å². The lowest BCUT2D eigenvalue weighted by molar-refractivity contribution is 0.102. The number of hydrazone groups is 1. The Bertz CT molecular complexity index is 1080. The van der Waals surface area contributed by atoms with Gasteiger partial charge in [0.2, 0.25) is 0 Å². The maximum absolute atomic E-state index is 13.1. The minimum atomic E-state index is -0.386. The summed E-state index contributed by atoms with van der Waals surface area (Å²) in [4.78, 5) is 25.7. The summed E-state index contributed by atoms with van der Waals surface area (Å²) in [6.45, 7) is 0. The Labute approximate surface area is 180 Å². The minimum Gasteiger partial charge on any atom is -0.497 e. The predicted molar refractivity (Wildman–Crippen MR) is 121 cm³/mol. The number of para-hydroxylation sites is 1. The van der Waals surface area contributed by atoms with Gasteiger partial charge in [-0.25, -0.2) is 0 Å². The Morgan fingerprint density at radius 1 is 1.00 bits per heavy atom. The van der Waals surface area contributed by atoms with E-state index in [9.17, 15) is 9.59 Å². The SMILES string of the molecule is COc1ccc(C(=O)Nc2c(N)cccc2C(=O)c2cccc(C=NN)c2)cc1.Cl. The lowest BCUT2D eigenvalue weighted by Gasteiger charge is -2.13. The molecule has 0 bridgehead atoms. The number of carbonyl (C=O) groups is 2. The second-order valence-corrected chi connectivity index (χ2v) is 6.19. The summed E-state index contributed by atoms with van der Waals surface area (Å²) in [5, 5.41) is 6.22. The molecule has 154 valence electrons. The third kappa shape index (κ3) is 4.95. The molecule has 0 radical (unpaired) electrons. The van der Waals surface area contributed by atoms with Gasteiger partial charge in [0.25, 0.3) is 5.91 Å². The molecular formula is C22H21ClN4O3. The van der Waals surface area contributed by atoms with Gasteiger partial charge in [-0.1, -0.05) is 24.3 Å². The third-order valence-corrected chi connectivity index (χ3v) is 4.30. The van der Waals surface area contributed by atoms with E-state index in [2.05, 4.69) is 10.4 Å². The van der Waals surface area contributed by atoms with Crippen LogP contribution in [0.4, 0.5) is 11.4 Å². The highest BCUT2D eigenvalue weighted by atomic mass is 35.5. The molecule has 0 aliphatic heterocycles. The van der Waals surface area contributed by atoms with E-state index < -0.39 is 0 Å². The number of hydrogen-bond donors (Lipinski definition) is 3. The second-order valence-electron chi connectivity index (χ2n) is 6.19. The van der Waals surface area contributed by atoms with Gasteiger partial charge in [0.05, 0.1) is 24.7 Å². The van der Waals surface area contributed by atoms with Crippen LogP contribution in [0.1, 0.15) is 31.8 Å². The van der Waals surface area contributed by atoms with Crippen molar-refractivity contribution in [1.82, 2.24) is 0 Å². The molecule has 0 unspecified atom stereocenters. The highest BCUT2D eigenvalue weighted by Crippen LogP contribution is 2.27. The van der Waals surface area contributed by atoms with Crippen molar-refractivity contribution in [2.45, 2.75) is 0 Å². The number of nitrogens with zero attached hydrogens (tertiary/aromatic N) is 1. The standard InChI is InChI=1S/C22H20N4O3.ClH/c1-29-17-10-8-15(9-11-17)22(28)26-20-18(6-3-7-19(20)23)21(27)16-5-2-4-14(12-16)13-25-24;/h2-13H,23-24H2,1H3,(H,26,28);1H. The van der Waals surface area contributed by atoms with E-state index in [4.69, 9.17) is 16.3 Å². The quantitative estimate of drug-likeness (QED) is 0.184. The fraction of sp³-hybridized carbons (Fsp3) is 0.0455. The third-order valence-electron chi connectivity index (χ3n) is 4.30. The molecular weight excluding hydrogens is 404 g/mol. The van der Waals surface area contributed by atoms with Crippen LogP contribution in [0.15, 0.2) is 71.8 Å². The lowest BCUT2D eigenvalue weighted by Crippen LogP contribution is -2.17. The first-order valence-corrected chi connectivity index (χ1v) is 8.75. The number of nitrogen functional groups attached to an aromatic ring is 1. The van der Waals surface area contributed by atoms with Crippen LogP contribution >= 0.6 is 12.4 Å². The van der Waals surface area contributed by atoms with Crippen LogP contribution in [-0.4, -0.2) is 25.0 Å². The molecule has 0 aliphatic carbocycles. The number of methoxy groups -OCH3 is 1. The van der Waals surface area contributed by atoms with Gasteiger partial charge in [0.15, 0.2) is 5.78 Å². The molecule has 1 amide bonds. The maximum Gasteiger partial charge on any atom is 0.255 e. The minimum absolute atomic E-state index is 0. The molecule has 8 heteroatoms. The van der Waals surface area contributed by atoms with Gasteiger partial charge in [-0.2, -0.15) is 5.10 Å². The number of nitrogens with two attached hydrogens (primary N) is 2. The highest BCUT2D eigenvalue weighted by molar-refractivity contribution is 6.17. The number of ketones is 1. The van der Waals surface area contributed by atoms with Crippen molar-refractivity contribution in [2.75, 3.05) is 18.2 Å². The van der Waals surface area contributed by atoms with Crippen LogP contribution in [0.3, 0.4) is 0 Å². The Morgan fingerprint density at radius 3 is 2.37 bits per heavy atom. The average Bonchev–Trinajstić information content (AvgIpc) is 2.75. The van der Waals surface area contributed by atoms with Crippen molar-refractivity contribution in [3.05, 3.63) is 89.0 Å². The van der Waals surface area contributed by atoms with Gasteiger partial charge in [-0.05, 0) is 48.0 Å². The van der Waals surface area contributed by atoms with Crippen molar-refractivity contribution in [2.24, 2.45) is 10.9 Å². The summed E-state index contributed by atoms with van der Waals surface area (Å²) in [6, 6.07) is 18.4. The number of halogens is 1. The van der Waals surface area contributed by atoms with Gasteiger partial charge in [-0.15, -0.1) is 12.4 Å². The summed E-state index contributed by atoms with van der Waals surface area (Å²) in [5.74, 6) is 5.15. The molecule has 0 heterocycles. The predicted octanol–water partition coefficient (Wildman–Crippen LogP) is 3.48. The topological polar surface area (TPSA) is 120 Å². The number of carbonyl (C=O) groups excluding carboxylic acids is 2. The van der Waals surface area contributed by atoms with Gasteiger partial charge >= 0.3 is 0 Å². The summed E-state index contributed by atoms with van der Waals surface area (Å²) < 4.78 is 5.10. The summed E-state index contributed by atoms with van der Waals surface area (Å²) >= 11 is 0. The summed E-state index contributed by atoms with van der Waals surface area (Å²) in [7, 11) is 1.55. The van der Waals surface area contributed by atoms with Crippen LogP contribution in [0.5, 0.6) is 5.75 Å². The smallest absolute Gasteiger partial charge is 0.255 e. The van der Waals surface area contributed by atoms with Crippen molar-refractivity contribution in [3.8, 4) is 5.75 Å². The first-order valence-electron chi connectivity index (χ1n) is 8.75. The van der Waals surface area contributed by atoms with Crippen LogP contribution < -0.4 is 21.6 Å². The first kappa shape index (κ1) is 22.4. The van der Waals surface area contributed by atoms with Crippen molar-refractivity contribution in [3.63, 3.8) is 0 Å². The molecule has 0 spiro atoms. The number of ether oxygens (including phenoxy) is 1. The average molecular weight is 425 g/mol. The fourth-order valence-corrected chi connectivity index (χ4v) is 2.83. The highest BCUT2D eigenvalue weighted by Gasteiger charge is 2.18. The van der Waals surface area contributed by atoms with Crippen LogP contribution in [0.2, 0.25) is 0 Å². The molecule has 0 saturated carbocycles. The molecule has 3 aromatic carbocycles. The zero-order chi connectivity index (χ0) is 20.8. The number of hydrogen-bond acceptors (Lipinski definition) is 6. The number of benzene rings is 3. The molecule has 0 saturated heterocycles. The second kappa shape index (κ2) is 10.1. The molecule has 5 N–H and O–H groups in total. The number of rotatable bonds is 6. The van der Waals surface area contributed by atoms with E-state index in [-0.39, 0.29) is 41.0 Å². The first-order chi connectivity index (χ1) is 14.0. The lowest BCUT2D eigenvalue weighted by atomic mass is 9.99. The Morgan fingerprint density at radius 2 is 1.70 bits per heavy atom. The van der Waals surface area contributed by atoms with Gasteiger partial charge in [0.1, 0.15) is 5.75 Å². The largest absolute Gasteiger partial charge is 0.497 e. The Balaban J connectivity index is 0.00000320. The van der Waals surface area contributed by atoms with Crippen LogP contribution in [0.25, 0.3) is 0 Å². The van der Waals surface area contributed by atoms with E-state index in [1.165, 1.54) is 6.21 Å². The number of nitrogens with one attached hydrogen (secondary N) is 1. The normalized spacial score (nSPS) is 10.3. The Hall–Kier alpha value is -3.84. The zero-order valence-corrected chi connectivity index (χ0v) is 17.0. The monoisotopic (exact) mass is 424 g/mol. The number of amides is 1. The van der Waals surface area contributed by atoms with E-state index in [1.807, 2.05) is 0 Å². The number of anilines is 2. The molecule has 0 atom stereocenters. The van der Waals surface area contributed by atoms with Gasteiger partial charge in [0, 0.05) is 16.7 Å². The van der Waals surface area contributed by atoms with Crippen LogP contribution in [-0.2, 0) is 0 Å². The molecule has 7 nitrogen and oxygen atoms in total. The van der Waals surface area contributed by atoms with Gasteiger partial charge < -0.3 is 21.6 Å². The molecule has 3 rings (SSSR count). The molecule has 3 aromatic rings. The van der Waals surface area contributed by atoms with Gasteiger partial charge in [-0.3, -0.25) is 9.59 Å². The van der Waals surface area contributed by atoms with E-state index in [0.717, 1.165) is 0 Å². The van der Waals surface area contributed by atoms with E-state index in [0.29, 0.717) is 22.4 Å². The van der Waals surface area contributed by atoms with Crippen molar-refractivity contribution >= 4 is 41.7 Å². The van der Waals surface area contributed by atoms with Crippen molar-refractivity contribution in [1.29, 1.82) is 0 Å².